The molecule has 20 heavy (non-hydrogen) atoms. The molecular formula is C18H35NO. The summed E-state index contributed by atoms with van der Waals surface area (Å²) in [5.74, 6) is 0.464. The molecule has 0 aromatic rings. The monoisotopic (exact) mass is 281 g/mol. The molecule has 1 rings (SSSR count). The smallest absolute Gasteiger partial charge is 0.140 e. The van der Waals surface area contributed by atoms with Crippen LogP contribution in [0.25, 0.3) is 0 Å². The van der Waals surface area contributed by atoms with Gasteiger partial charge in [-0.15, -0.1) is 0 Å². The second-order valence-corrected chi connectivity index (χ2v) is 6.69. The third kappa shape index (κ3) is 5.95. The van der Waals surface area contributed by atoms with Gasteiger partial charge in [0.15, 0.2) is 0 Å². The maximum absolute atomic E-state index is 12.4. The van der Waals surface area contributed by atoms with E-state index in [9.17, 15) is 4.79 Å². The van der Waals surface area contributed by atoms with Crippen LogP contribution in [0.15, 0.2) is 0 Å². The Balaban J connectivity index is 2.09. The maximum atomic E-state index is 12.4. The highest BCUT2D eigenvalue weighted by molar-refractivity contribution is 5.85. The minimum atomic E-state index is -0.140. The number of hydrogen-bond donors (Lipinski definition) is 1. The van der Waals surface area contributed by atoms with Crippen molar-refractivity contribution in [1.82, 2.24) is 0 Å². The normalized spacial score (nSPS) is 18.1. The van der Waals surface area contributed by atoms with Gasteiger partial charge in [0.25, 0.3) is 0 Å². The first-order chi connectivity index (χ1) is 9.75. The lowest BCUT2D eigenvalue weighted by molar-refractivity contribution is -0.130. The van der Waals surface area contributed by atoms with Crippen molar-refractivity contribution in [3.63, 3.8) is 0 Å². The molecule has 2 N–H and O–H groups in total. The Morgan fingerprint density at radius 1 is 0.900 bits per heavy atom. The molecule has 0 heterocycles. The highest BCUT2D eigenvalue weighted by Crippen LogP contribution is 2.37. The lowest BCUT2D eigenvalue weighted by atomic mass is 9.70. The summed E-state index contributed by atoms with van der Waals surface area (Å²) in [6.45, 7) is 2.83. The molecule has 118 valence electrons. The summed E-state index contributed by atoms with van der Waals surface area (Å²) in [5.41, 5.74) is 5.78. The van der Waals surface area contributed by atoms with Crippen molar-refractivity contribution < 1.29 is 4.79 Å². The van der Waals surface area contributed by atoms with Gasteiger partial charge >= 0.3 is 0 Å². The number of carbonyl (C=O) groups excluding carboxylic acids is 1. The van der Waals surface area contributed by atoms with E-state index in [1.165, 1.54) is 64.2 Å². The summed E-state index contributed by atoms with van der Waals surface area (Å²) in [4.78, 5) is 12.4. The van der Waals surface area contributed by atoms with E-state index in [4.69, 9.17) is 5.73 Å². The van der Waals surface area contributed by atoms with Gasteiger partial charge in [0.1, 0.15) is 5.78 Å². The summed E-state index contributed by atoms with van der Waals surface area (Å²) in [6, 6.07) is 0. The Hall–Kier alpha value is -0.370. The average Bonchev–Trinajstić information content (AvgIpc) is 2.50. The van der Waals surface area contributed by atoms with Gasteiger partial charge in [-0.1, -0.05) is 71.1 Å². The number of Topliss-reactive ketones (excluding diaryl/α,β-unsaturated/α-hetero) is 1. The van der Waals surface area contributed by atoms with Crippen molar-refractivity contribution in [2.24, 2.45) is 11.1 Å². The minimum Gasteiger partial charge on any atom is -0.329 e. The molecule has 1 aliphatic carbocycles. The van der Waals surface area contributed by atoms with E-state index in [1.54, 1.807) is 0 Å². The highest BCUT2D eigenvalue weighted by Gasteiger charge is 2.36. The molecular weight excluding hydrogens is 246 g/mol. The molecule has 1 aliphatic rings. The SMILES string of the molecule is CCCCCCCCCCC(=O)C1(CN)CCCCC1. The van der Waals surface area contributed by atoms with E-state index < -0.39 is 0 Å². The van der Waals surface area contributed by atoms with E-state index in [0.29, 0.717) is 12.3 Å². The van der Waals surface area contributed by atoms with Gasteiger partial charge in [0, 0.05) is 18.4 Å². The topological polar surface area (TPSA) is 43.1 Å². The Kier molecular flexibility index (Phi) is 9.17. The molecule has 0 atom stereocenters. The molecule has 0 saturated heterocycles. The summed E-state index contributed by atoms with van der Waals surface area (Å²) in [7, 11) is 0. The van der Waals surface area contributed by atoms with Gasteiger partial charge in [-0.25, -0.2) is 0 Å². The Morgan fingerprint density at radius 2 is 1.45 bits per heavy atom. The molecule has 0 aromatic heterocycles. The van der Waals surface area contributed by atoms with Crippen LogP contribution in [0.1, 0.15) is 96.8 Å². The quantitative estimate of drug-likeness (QED) is 0.542. The van der Waals surface area contributed by atoms with E-state index in [0.717, 1.165) is 25.7 Å². The molecule has 1 fully saturated rings. The van der Waals surface area contributed by atoms with Crippen LogP contribution in [0, 0.1) is 5.41 Å². The first kappa shape index (κ1) is 17.7. The average molecular weight is 281 g/mol. The van der Waals surface area contributed by atoms with Crippen molar-refractivity contribution in [1.29, 1.82) is 0 Å². The van der Waals surface area contributed by atoms with Gasteiger partial charge in [-0.3, -0.25) is 4.79 Å². The number of unbranched alkanes of at least 4 members (excludes halogenated alkanes) is 7. The summed E-state index contributed by atoms with van der Waals surface area (Å²) in [6.07, 6.45) is 16.9. The van der Waals surface area contributed by atoms with E-state index in [2.05, 4.69) is 6.92 Å². The molecule has 0 unspecified atom stereocenters. The second-order valence-electron chi connectivity index (χ2n) is 6.69. The zero-order chi connectivity index (χ0) is 14.7. The molecule has 1 saturated carbocycles. The van der Waals surface area contributed by atoms with Gasteiger partial charge in [-0.2, -0.15) is 0 Å². The van der Waals surface area contributed by atoms with Crippen molar-refractivity contribution in [3.8, 4) is 0 Å². The van der Waals surface area contributed by atoms with Gasteiger partial charge < -0.3 is 5.73 Å². The highest BCUT2D eigenvalue weighted by atomic mass is 16.1. The molecule has 0 amide bonds. The fraction of sp³-hybridized carbons (Fsp3) is 0.944. The fourth-order valence-electron chi connectivity index (χ4n) is 3.51. The summed E-state index contributed by atoms with van der Waals surface area (Å²) >= 11 is 0. The number of hydrogen-bond acceptors (Lipinski definition) is 2. The standard InChI is InChI=1S/C18H35NO/c1-2-3-4-5-6-7-8-10-13-17(20)18(16-19)14-11-9-12-15-18/h2-16,19H2,1H3. The molecule has 0 aliphatic heterocycles. The van der Waals surface area contributed by atoms with E-state index in [-0.39, 0.29) is 5.41 Å². The molecule has 2 nitrogen and oxygen atoms in total. The third-order valence-electron chi connectivity index (χ3n) is 5.05. The Bertz CT molecular complexity index is 256. The largest absolute Gasteiger partial charge is 0.329 e. The maximum Gasteiger partial charge on any atom is 0.140 e. The second kappa shape index (κ2) is 10.4. The zero-order valence-electron chi connectivity index (χ0n) is 13.6. The van der Waals surface area contributed by atoms with Crippen LogP contribution in [0.5, 0.6) is 0 Å². The van der Waals surface area contributed by atoms with Crippen LogP contribution >= 0.6 is 0 Å². The van der Waals surface area contributed by atoms with Crippen LogP contribution in [0.3, 0.4) is 0 Å². The molecule has 0 aromatic carbocycles. The zero-order valence-corrected chi connectivity index (χ0v) is 13.6. The van der Waals surface area contributed by atoms with Gasteiger partial charge in [0.2, 0.25) is 0 Å². The Labute approximate surface area is 125 Å². The number of nitrogens with two attached hydrogens (primary N) is 1. The van der Waals surface area contributed by atoms with Crippen molar-refractivity contribution >= 4 is 5.78 Å². The van der Waals surface area contributed by atoms with Crippen molar-refractivity contribution in [2.45, 2.75) is 96.8 Å². The first-order valence-corrected chi connectivity index (χ1v) is 8.98. The molecule has 0 radical (unpaired) electrons. The molecule has 0 spiro atoms. The summed E-state index contributed by atoms with van der Waals surface area (Å²) < 4.78 is 0. The Morgan fingerprint density at radius 3 is 2.00 bits per heavy atom. The predicted octanol–water partition coefficient (Wildman–Crippen LogP) is 5.00. The number of carbonyl (C=O) groups is 1. The first-order valence-electron chi connectivity index (χ1n) is 8.98. The summed E-state index contributed by atoms with van der Waals surface area (Å²) in [5, 5.41) is 0. The molecule has 0 bridgehead atoms. The van der Waals surface area contributed by atoms with Crippen LogP contribution < -0.4 is 5.73 Å². The minimum absolute atomic E-state index is 0.140. The number of rotatable bonds is 11. The van der Waals surface area contributed by atoms with Crippen LogP contribution in [-0.2, 0) is 4.79 Å². The fourth-order valence-corrected chi connectivity index (χ4v) is 3.51. The number of ketones is 1. The van der Waals surface area contributed by atoms with E-state index in [1.807, 2.05) is 0 Å². The van der Waals surface area contributed by atoms with Crippen molar-refractivity contribution in [2.75, 3.05) is 6.54 Å². The predicted molar refractivity (Wildman–Crippen MR) is 86.8 cm³/mol. The lowest BCUT2D eigenvalue weighted by Gasteiger charge is -2.34. The van der Waals surface area contributed by atoms with Gasteiger partial charge in [0.05, 0.1) is 0 Å². The molecule has 2 heteroatoms. The van der Waals surface area contributed by atoms with Crippen LogP contribution in [-0.4, -0.2) is 12.3 Å². The van der Waals surface area contributed by atoms with Gasteiger partial charge in [-0.05, 0) is 19.3 Å². The van der Waals surface area contributed by atoms with Crippen molar-refractivity contribution in [3.05, 3.63) is 0 Å². The van der Waals surface area contributed by atoms with Crippen LogP contribution in [0.4, 0.5) is 0 Å². The third-order valence-corrected chi connectivity index (χ3v) is 5.05. The van der Waals surface area contributed by atoms with Crippen LogP contribution in [0.2, 0.25) is 0 Å². The lowest BCUT2D eigenvalue weighted by Crippen LogP contribution is -2.40. The van der Waals surface area contributed by atoms with E-state index >= 15 is 0 Å².